The maximum absolute atomic E-state index is 6.26. The molecule has 1 aromatic rings. The summed E-state index contributed by atoms with van der Waals surface area (Å²) in [7, 11) is 4.20. The first kappa shape index (κ1) is 17.4. The number of nitrogens with zero attached hydrogens (tertiary/aromatic N) is 2. The Kier molecular flexibility index (Phi) is 7.52. The van der Waals surface area contributed by atoms with E-state index in [4.69, 9.17) is 17.3 Å². The highest BCUT2D eigenvalue weighted by atomic mass is 35.5. The summed E-state index contributed by atoms with van der Waals surface area (Å²) in [6.07, 6.45) is 1.13. The molecule has 3 nitrogen and oxygen atoms in total. The second-order valence-electron chi connectivity index (χ2n) is 5.60. The normalized spacial score (nSPS) is 13.2. The fourth-order valence-corrected chi connectivity index (χ4v) is 2.54. The lowest BCUT2D eigenvalue weighted by atomic mass is 10.0. The molecule has 2 N–H and O–H groups in total. The zero-order valence-electron chi connectivity index (χ0n) is 13.2. The summed E-state index contributed by atoms with van der Waals surface area (Å²) < 4.78 is 0. The Bertz CT molecular complexity index is 407. The van der Waals surface area contributed by atoms with Crippen LogP contribution in [0.2, 0.25) is 5.02 Å². The maximum Gasteiger partial charge on any atom is 0.0471 e. The third-order valence-electron chi connectivity index (χ3n) is 3.59. The van der Waals surface area contributed by atoms with Gasteiger partial charge in [0, 0.05) is 30.7 Å². The Morgan fingerprint density at radius 1 is 1.20 bits per heavy atom. The van der Waals surface area contributed by atoms with Crippen molar-refractivity contribution in [2.45, 2.75) is 26.3 Å². The first-order chi connectivity index (χ1) is 9.49. The van der Waals surface area contributed by atoms with Gasteiger partial charge >= 0.3 is 0 Å². The topological polar surface area (TPSA) is 32.5 Å². The Morgan fingerprint density at radius 2 is 1.90 bits per heavy atom. The summed E-state index contributed by atoms with van der Waals surface area (Å²) in [5.41, 5.74) is 8.36. The number of hydrogen-bond donors (Lipinski definition) is 1. The molecule has 1 atom stereocenters. The summed E-state index contributed by atoms with van der Waals surface area (Å²) in [5, 5.41) is 0.824. The minimum absolute atomic E-state index is 0.244. The summed E-state index contributed by atoms with van der Waals surface area (Å²) in [4.78, 5) is 4.67. The highest BCUT2D eigenvalue weighted by molar-refractivity contribution is 6.31. The van der Waals surface area contributed by atoms with Crippen molar-refractivity contribution in [2.75, 3.05) is 40.3 Å². The fraction of sp³-hybridized carbons (Fsp3) is 0.625. The van der Waals surface area contributed by atoms with E-state index in [0.717, 1.165) is 36.6 Å². The van der Waals surface area contributed by atoms with Gasteiger partial charge in [-0.3, -0.25) is 4.90 Å². The molecule has 20 heavy (non-hydrogen) atoms. The average molecular weight is 298 g/mol. The summed E-state index contributed by atoms with van der Waals surface area (Å²) in [6.45, 7) is 7.97. The molecule has 0 fully saturated rings. The van der Waals surface area contributed by atoms with Gasteiger partial charge in [0.2, 0.25) is 0 Å². The molecule has 0 heterocycles. The standard InChI is InChI=1S/C16H28ClN3/c1-5-8-20(10-9-19(3)4)16(12-18)14-7-6-13(2)15(17)11-14/h6-7,11,16H,5,8-10,12,18H2,1-4H3. The van der Waals surface area contributed by atoms with Crippen molar-refractivity contribution in [3.05, 3.63) is 34.3 Å². The van der Waals surface area contributed by atoms with Crippen LogP contribution in [0.3, 0.4) is 0 Å². The number of halogens is 1. The van der Waals surface area contributed by atoms with Crippen molar-refractivity contribution < 1.29 is 0 Å². The van der Waals surface area contributed by atoms with Crippen molar-refractivity contribution in [3.63, 3.8) is 0 Å². The predicted molar refractivity (Wildman–Crippen MR) is 88.4 cm³/mol. The first-order valence-corrected chi connectivity index (χ1v) is 7.72. The Hall–Kier alpha value is -0.610. The highest BCUT2D eigenvalue weighted by Crippen LogP contribution is 2.25. The molecule has 0 bridgehead atoms. The molecule has 0 saturated heterocycles. The molecule has 0 aliphatic rings. The zero-order chi connectivity index (χ0) is 15.1. The van der Waals surface area contributed by atoms with Gasteiger partial charge < -0.3 is 10.6 Å². The molecule has 1 rings (SSSR count). The Labute approximate surface area is 128 Å². The second kappa shape index (κ2) is 8.63. The number of hydrogen-bond acceptors (Lipinski definition) is 3. The van der Waals surface area contributed by atoms with Crippen LogP contribution in [0.15, 0.2) is 18.2 Å². The van der Waals surface area contributed by atoms with E-state index in [2.05, 4.69) is 49.0 Å². The van der Waals surface area contributed by atoms with E-state index in [9.17, 15) is 0 Å². The van der Waals surface area contributed by atoms with E-state index in [-0.39, 0.29) is 6.04 Å². The molecule has 0 aromatic heterocycles. The van der Waals surface area contributed by atoms with E-state index < -0.39 is 0 Å². The lowest BCUT2D eigenvalue weighted by Crippen LogP contribution is -2.38. The SMILES string of the molecule is CCCN(CCN(C)C)C(CN)c1ccc(C)c(Cl)c1. The fourth-order valence-electron chi connectivity index (χ4n) is 2.35. The van der Waals surface area contributed by atoms with Crippen LogP contribution in [0, 0.1) is 6.92 Å². The number of rotatable bonds is 8. The van der Waals surface area contributed by atoms with E-state index in [1.807, 2.05) is 6.92 Å². The third kappa shape index (κ3) is 5.06. The van der Waals surface area contributed by atoms with Gasteiger partial charge in [-0.15, -0.1) is 0 Å². The monoisotopic (exact) mass is 297 g/mol. The Morgan fingerprint density at radius 3 is 2.40 bits per heavy atom. The number of aryl methyl sites for hydroxylation is 1. The maximum atomic E-state index is 6.26. The molecule has 1 aromatic carbocycles. The van der Waals surface area contributed by atoms with Crippen molar-refractivity contribution in [1.29, 1.82) is 0 Å². The smallest absolute Gasteiger partial charge is 0.0471 e. The molecule has 4 heteroatoms. The van der Waals surface area contributed by atoms with Crippen molar-refractivity contribution in [2.24, 2.45) is 5.73 Å². The second-order valence-corrected chi connectivity index (χ2v) is 6.01. The van der Waals surface area contributed by atoms with Crippen LogP contribution < -0.4 is 5.73 Å². The predicted octanol–water partition coefficient (Wildman–Crippen LogP) is 2.92. The molecule has 114 valence electrons. The highest BCUT2D eigenvalue weighted by Gasteiger charge is 2.19. The first-order valence-electron chi connectivity index (χ1n) is 7.34. The molecule has 0 saturated carbocycles. The quantitative estimate of drug-likeness (QED) is 0.801. The van der Waals surface area contributed by atoms with E-state index in [0.29, 0.717) is 6.54 Å². The number of nitrogens with two attached hydrogens (primary N) is 1. The lowest BCUT2D eigenvalue weighted by Gasteiger charge is -2.32. The molecule has 0 aliphatic carbocycles. The summed E-state index contributed by atoms with van der Waals surface area (Å²) in [6, 6.07) is 6.54. The van der Waals surface area contributed by atoms with Gasteiger partial charge in [0.1, 0.15) is 0 Å². The average Bonchev–Trinajstić information content (AvgIpc) is 2.40. The van der Waals surface area contributed by atoms with Gasteiger partial charge in [-0.25, -0.2) is 0 Å². The van der Waals surface area contributed by atoms with Crippen LogP contribution in [0.4, 0.5) is 0 Å². The zero-order valence-corrected chi connectivity index (χ0v) is 14.0. The molecule has 0 amide bonds. The molecule has 0 aliphatic heterocycles. The largest absolute Gasteiger partial charge is 0.329 e. The van der Waals surface area contributed by atoms with Crippen LogP contribution in [0.5, 0.6) is 0 Å². The molecular weight excluding hydrogens is 270 g/mol. The Balaban J connectivity index is 2.90. The van der Waals surface area contributed by atoms with Gasteiger partial charge in [-0.2, -0.15) is 0 Å². The summed E-state index contributed by atoms with van der Waals surface area (Å²) in [5.74, 6) is 0. The van der Waals surface area contributed by atoms with E-state index in [1.165, 1.54) is 5.56 Å². The number of benzene rings is 1. The van der Waals surface area contributed by atoms with Gasteiger partial charge in [-0.05, 0) is 51.2 Å². The van der Waals surface area contributed by atoms with Crippen LogP contribution in [-0.2, 0) is 0 Å². The van der Waals surface area contributed by atoms with E-state index >= 15 is 0 Å². The van der Waals surface area contributed by atoms with Gasteiger partial charge in [0.05, 0.1) is 0 Å². The molecular formula is C16H28ClN3. The van der Waals surface area contributed by atoms with E-state index in [1.54, 1.807) is 0 Å². The van der Waals surface area contributed by atoms with Crippen molar-refractivity contribution >= 4 is 11.6 Å². The van der Waals surface area contributed by atoms with Crippen LogP contribution >= 0.6 is 11.6 Å². The van der Waals surface area contributed by atoms with Gasteiger partial charge in [-0.1, -0.05) is 30.7 Å². The molecule has 0 radical (unpaired) electrons. The van der Waals surface area contributed by atoms with Gasteiger partial charge in [0.15, 0.2) is 0 Å². The third-order valence-corrected chi connectivity index (χ3v) is 4.00. The van der Waals surface area contributed by atoms with Crippen LogP contribution in [0.1, 0.15) is 30.5 Å². The van der Waals surface area contributed by atoms with Gasteiger partial charge in [0.25, 0.3) is 0 Å². The molecule has 0 spiro atoms. The van der Waals surface area contributed by atoms with Crippen LogP contribution in [-0.4, -0.2) is 50.1 Å². The summed E-state index contributed by atoms with van der Waals surface area (Å²) >= 11 is 6.26. The minimum Gasteiger partial charge on any atom is -0.329 e. The number of likely N-dealkylation sites (N-methyl/N-ethyl adjacent to an activating group) is 1. The molecule has 1 unspecified atom stereocenters. The minimum atomic E-state index is 0.244. The lowest BCUT2D eigenvalue weighted by molar-refractivity contribution is 0.182. The van der Waals surface area contributed by atoms with Crippen LogP contribution in [0.25, 0.3) is 0 Å². The van der Waals surface area contributed by atoms with Crippen molar-refractivity contribution in [1.82, 2.24) is 9.80 Å². The van der Waals surface area contributed by atoms with Crippen molar-refractivity contribution in [3.8, 4) is 0 Å².